The van der Waals surface area contributed by atoms with E-state index in [0.717, 1.165) is 28.1 Å². The van der Waals surface area contributed by atoms with Crippen LogP contribution >= 0.6 is 23.1 Å². The molecule has 0 saturated carbocycles. The van der Waals surface area contributed by atoms with Crippen molar-refractivity contribution in [1.29, 1.82) is 0 Å². The van der Waals surface area contributed by atoms with Crippen LogP contribution in [-0.2, 0) is 11.3 Å². The fourth-order valence-electron chi connectivity index (χ4n) is 3.89. The minimum absolute atomic E-state index is 0.0285. The highest BCUT2D eigenvalue weighted by atomic mass is 32.2. The molecule has 0 spiro atoms. The van der Waals surface area contributed by atoms with E-state index in [9.17, 15) is 9.59 Å². The Hall–Kier alpha value is -2.90. The highest BCUT2D eigenvalue weighted by molar-refractivity contribution is 8.00. The summed E-state index contributed by atoms with van der Waals surface area (Å²) in [6.45, 7) is 2.79. The molecular weight excluding hydrogens is 426 g/mol. The predicted octanol–water partition coefficient (Wildman–Crippen LogP) is 5.04. The van der Waals surface area contributed by atoms with Gasteiger partial charge in [-0.15, -0.1) is 23.1 Å². The van der Waals surface area contributed by atoms with Crippen LogP contribution in [0, 0.1) is 0 Å². The molecule has 1 aliphatic rings. The molecule has 1 unspecified atom stereocenters. The van der Waals surface area contributed by atoms with Crippen molar-refractivity contribution in [1.82, 2.24) is 9.55 Å². The molecule has 0 saturated heterocycles. The summed E-state index contributed by atoms with van der Waals surface area (Å²) in [5, 5.41) is 2.97. The van der Waals surface area contributed by atoms with Crippen molar-refractivity contribution >= 4 is 44.9 Å². The van der Waals surface area contributed by atoms with Crippen molar-refractivity contribution in [2.75, 3.05) is 11.4 Å². The lowest BCUT2D eigenvalue weighted by Crippen LogP contribution is -2.37. The van der Waals surface area contributed by atoms with Gasteiger partial charge in [0.15, 0.2) is 0 Å². The van der Waals surface area contributed by atoms with Crippen molar-refractivity contribution in [2.45, 2.75) is 30.0 Å². The highest BCUT2D eigenvalue weighted by Gasteiger charge is 2.25. The number of hydrogen-bond donors (Lipinski definition) is 0. The summed E-state index contributed by atoms with van der Waals surface area (Å²) in [6, 6.07) is 17.8. The van der Waals surface area contributed by atoms with Crippen LogP contribution in [0.3, 0.4) is 0 Å². The van der Waals surface area contributed by atoms with Crippen LogP contribution in [0.2, 0.25) is 0 Å². The Morgan fingerprint density at radius 3 is 2.74 bits per heavy atom. The van der Waals surface area contributed by atoms with Crippen molar-refractivity contribution < 1.29 is 4.79 Å². The molecule has 2 aromatic heterocycles. The topological polar surface area (TPSA) is 55.2 Å². The van der Waals surface area contributed by atoms with Crippen LogP contribution in [0.15, 0.2) is 76.0 Å². The van der Waals surface area contributed by atoms with Gasteiger partial charge in [0, 0.05) is 27.6 Å². The number of nitrogens with zero attached hydrogens (tertiary/aromatic N) is 3. The largest absolute Gasteiger partial charge is 0.310 e. The number of para-hydroxylation sites is 1. The summed E-state index contributed by atoms with van der Waals surface area (Å²) in [5.41, 5.74) is 2.59. The zero-order chi connectivity index (χ0) is 21.4. The molecule has 1 aliphatic heterocycles. The quantitative estimate of drug-likeness (QED) is 0.441. The van der Waals surface area contributed by atoms with Gasteiger partial charge >= 0.3 is 0 Å². The lowest BCUT2D eigenvalue weighted by atomic mass is 10.1. The molecule has 0 bridgehead atoms. The van der Waals surface area contributed by atoms with Crippen molar-refractivity contribution in [3.63, 3.8) is 0 Å². The number of thioether (sulfide) groups is 1. The Bertz CT molecular complexity index is 1310. The monoisotopic (exact) mass is 447 g/mol. The molecule has 156 valence electrons. The number of anilines is 1. The van der Waals surface area contributed by atoms with E-state index in [0.29, 0.717) is 22.0 Å². The molecule has 0 N–H and O–H groups in total. The minimum atomic E-state index is -0.177. The number of hydrogen-bond acceptors (Lipinski definition) is 5. The second kappa shape index (κ2) is 8.32. The fraction of sp³-hybridized carbons (Fsp3) is 0.208. The molecule has 5 nitrogen and oxygen atoms in total. The second-order valence-electron chi connectivity index (χ2n) is 7.60. The molecule has 0 radical (unpaired) electrons. The molecule has 5 rings (SSSR count). The molecule has 7 heteroatoms. The zero-order valence-corrected chi connectivity index (χ0v) is 18.7. The Balaban J connectivity index is 1.51. The van der Waals surface area contributed by atoms with E-state index in [1.54, 1.807) is 11.8 Å². The maximum Gasteiger partial charge on any atom is 0.263 e. The van der Waals surface area contributed by atoms with Gasteiger partial charge in [-0.3, -0.25) is 14.2 Å². The van der Waals surface area contributed by atoms with Crippen molar-refractivity contribution in [3.05, 3.63) is 76.7 Å². The van der Waals surface area contributed by atoms with E-state index >= 15 is 0 Å². The normalized spacial score (nSPS) is 16.2. The van der Waals surface area contributed by atoms with E-state index in [1.165, 1.54) is 22.2 Å². The summed E-state index contributed by atoms with van der Waals surface area (Å²) in [5.74, 6) is -0.0955. The molecular formula is C24H21N3O2S2. The Morgan fingerprint density at radius 1 is 1.13 bits per heavy atom. The van der Waals surface area contributed by atoms with Gasteiger partial charge in [0.2, 0.25) is 5.91 Å². The lowest BCUT2D eigenvalue weighted by Gasteiger charge is -2.22. The Kier molecular flexibility index (Phi) is 5.38. The number of thiophene rings is 1. The third-order valence-corrected chi connectivity index (χ3v) is 7.62. The first-order chi connectivity index (χ1) is 15.1. The van der Waals surface area contributed by atoms with Gasteiger partial charge in [-0.05, 0) is 24.1 Å². The predicted molar refractivity (Wildman–Crippen MR) is 128 cm³/mol. The van der Waals surface area contributed by atoms with Gasteiger partial charge < -0.3 is 4.90 Å². The van der Waals surface area contributed by atoms with Gasteiger partial charge in [-0.2, -0.15) is 0 Å². The highest BCUT2D eigenvalue weighted by Crippen LogP contribution is 2.37. The van der Waals surface area contributed by atoms with Gasteiger partial charge in [0.25, 0.3) is 5.56 Å². The van der Waals surface area contributed by atoms with E-state index in [4.69, 9.17) is 0 Å². The van der Waals surface area contributed by atoms with Gasteiger partial charge in [-0.25, -0.2) is 4.98 Å². The van der Waals surface area contributed by atoms with Crippen LogP contribution in [0.5, 0.6) is 0 Å². The molecule has 0 aliphatic carbocycles. The number of amides is 1. The number of aromatic nitrogens is 2. The number of fused-ring (bicyclic) bond motifs is 2. The summed E-state index contributed by atoms with van der Waals surface area (Å²) >= 11 is 3.24. The fourth-order valence-corrected chi connectivity index (χ4v) is 5.91. The van der Waals surface area contributed by atoms with E-state index in [1.807, 2.05) is 58.8 Å². The first kappa shape index (κ1) is 20.0. The van der Waals surface area contributed by atoms with Crippen LogP contribution in [0.25, 0.3) is 21.3 Å². The molecule has 3 heterocycles. The summed E-state index contributed by atoms with van der Waals surface area (Å²) in [7, 11) is 0. The first-order valence-electron chi connectivity index (χ1n) is 10.2. The molecule has 1 atom stereocenters. The van der Waals surface area contributed by atoms with Crippen molar-refractivity contribution in [3.8, 4) is 11.1 Å². The average Bonchev–Trinajstić information content (AvgIpc) is 3.14. The van der Waals surface area contributed by atoms with E-state index in [2.05, 4.69) is 18.0 Å². The van der Waals surface area contributed by atoms with Crippen LogP contribution < -0.4 is 10.5 Å². The molecule has 4 aromatic rings. The summed E-state index contributed by atoms with van der Waals surface area (Å²) in [6.07, 6.45) is 2.40. The third kappa shape index (κ3) is 3.79. The number of carbonyl (C=O) groups excluding carboxylic acids is 1. The lowest BCUT2D eigenvalue weighted by molar-refractivity contribution is -0.119. The van der Waals surface area contributed by atoms with Gasteiger partial charge in [0.1, 0.15) is 11.4 Å². The van der Waals surface area contributed by atoms with E-state index < -0.39 is 0 Å². The maximum atomic E-state index is 13.3. The first-order valence-corrected chi connectivity index (χ1v) is 12.0. The zero-order valence-electron chi connectivity index (χ0n) is 17.0. The molecule has 31 heavy (non-hydrogen) atoms. The van der Waals surface area contributed by atoms with Crippen LogP contribution in [0.1, 0.15) is 13.3 Å². The Morgan fingerprint density at radius 2 is 1.90 bits per heavy atom. The SMILES string of the molecule is CC1CCN(C(=O)Cn2cnc3scc(-c4ccccc4)c3c2=O)c2ccccc2S1. The van der Waals surface area contributed by atoms with Gasteiger partial charge in [-0.1, -0.05) is 49.4 Å². The maximum absolute atomic E-state index is 13.3. The van der Waals surface area contributed by atoms with Crippen LogP contribution in [0.4, 0.5) is 5.69 Å². The number of rotatable bonds is 3. The van der Waals surface area contributed by atoms with Crippen molar-refractivity contribution in [2.24, 2.45) is 0 Å². The number of benzene rings is 2. The molecule has 2 aromatic carbocycles. The molecule has 0 fully saturated rings. The average molecular weight is 448 g/mol. The van der Waals surface area contributed by atoms with Gasteiger partial charge in [0.05, 0.1) is 17.4 Å². The molecule has 1 amide bonds. The minimum Gasteiger partial charge on any atom is -0.310 e. The summed E-state index contributed by atoms with van der Waals surface area (Å²) < 4.78 is 1.44. The standard InChI is InChI=1S/C24H21N3O2S2/c1-16-11-12-27(19-9-5-6-10-20(19)31-16)21(28)13-26-15-25-23-22(24(26)29)18(14-30-23)17-7-3-2-4-8-17/h2-10,14-16H,11-13H2,1H3. The second-order valence-corrected chi connectivity index (χ2v) is 9.94. The van der Waals surface area contributed by atoms with Crippen LogP contribution in [-0.4, -0.2) is 27.3 Å². The summed E-state index contributed by atoms with van der Waals surface area (Å²) in [4.78, 5) is 34.7. The Labute approximate surface area is 188 Å². The van der Waals surface area contributed by atoms with E-state index in [-0.39, 0.29) is 18.0 Å². The smallest absolute Gasteiger partial charge is 0.263 e. The number of carbonyl (C=O) groups is 1. The third-order valence-electron chi connectivity index (χ3n) is 5.50.